The Bertz CT molecular complexity index is 880. The summed E-state index contributed by atoms with van der Waals surface area (Å²) >= 11 is 8.90. The van der Waals surface area contributed by atoms with Gasteiger partial charge in [-0.25, -0.2) is 9.97 Å². The zero-order valence-corrected chi connectivity index (χ0v) is 15.2. The van der Waals surface area contributed by atoms with Crippen molar-refractivity contribution in [3.05, 3.63) is 52.1 Å². The van der Waals surface area contributed by atoms with Crippen LogP contribution in [0.25, 0.3) is 9.88 Å². The molecular formula is C16H12ClN3O3S2. The number of carbonyl (C=O) groups is 2. The van der Waals surface area contributed by atoms with Crippen molar-refractivity contribution in [2.24, 2.45) is 0 Å². The van der Waals surface area contributed by atoms with Crippen LogP contribution in [0, 0.1) is 0 Å². The van der Waals surface area contributed by atoms with Crippen molar-refractivity contribution in [1.29, 1.82) is 0 Å². The van der Waals surface area contributed by atoms with Crippen LogP contribution >= 0.6 is 34.3 Å². The molecule has 0 bridgehead atoms. The molecule has 0 saturated carbocycles. The molecule has 1 N–H and O–H groups in total. The third-order valence-electron chi connectivity index (χ3n) is 3.01. The van der Waals surface area contributed by atoms with Crippen LogP contribution < -0.4 is 5.32 Å². The van der Waals surface area contributed by atoms with Gasteiger partial charge in [0.15, 0.2) is 11.8 Å². The molecule has 0 aliphatic rings. The van der Waals surface area contributed by atoms with Crippen molar-refractivity contribution in [2.75, 3.05) is 11.9 Å². The van der Waals surface area contributed by atoms with Crippen LogP contribution in [0.4, 0.5) is 5.69 Å². The van der Waals surface area contributed by atoms with Crippen molar-refractivity contribution in [1.82, 2.24) is 9.97 Å². The number of anilines is 1. The maximum atomic E-state index is 11.9. The number of nitrogens with one attached hydrogen (secondary N) is 1. The van der Waals surface area contributed by atoms with Crippen LogP contribution in [0.3, 0.4) is 0 Å². The minimum Gasteiger partial charge on any atom is -0.455 e. The molecule has 3 aromatic rings. The maximum Gasteiger partial charge on any atom is 0.312 e. The van der Waals surface area contributed by atoms with Crippen molar-refractivity contribution in [2.45, 2.75) is 6.42 Å². The van der Waals surface area contributed by atoms with E-state index in [1.807, 2.05) is 22.9 Å². The van der Waals surface area contributed by atoms with E-state index in [1.165, 1.54) is 17.5 Å². The highest BCUT2D eigenvalue weighted by Crippen LogP contribution is 2.27. The number of thiophene rings is 1. The standard InChI is InChI=1S/C16H12ClN3O3S2/c17-15-11(3-1-5-18-15)20-13(21)8-23-14(22)7-10-9-25-16(19-10)12-4-2-6-24-12/h1-6,9H,7-8H2,(H,20,21). The Hall–Kier alpha value is -2.29. The highest BCUT2D eigenvalue weighted by atomic mass is 35.5. The quantitative estimate of drug-likeness (QED) is 0.510. The summed E-state index contributed by atoms with van der Waals surface area (Å²) in [4.78, 5) is 33.0. The Kier molecular flexibility index (Phi) is 5.75. The van der Waals surface area contributed by atoms with Gasteiger partial charge in [-0.2, -0.15) is 0 Å². The summed E-state index contributed by atoms with van der Waals surface area (Å²) in [5.74, 6) is -1.00. The number of amides is 1. The summed E-state index contributed by atoms with van der Waals surface area (Å²) < 4.78 is 4.97. The van der Waals surface area contributed by atoms with Crippen LogP contribution in [-0.2, 0) is 20.7 Å². The lowest BCUT2D eigenvalue weighted by molar-refractivity contribution is -0.146. The second-order valence-electron chi connectivity index (χ2n) is 4.85. The number of hydrogen-bond donors (Lipinski definition) is 1. The molecule has 3 aromatic heterocycles. The fraction of sp³-hybridized carbons (Fsp3) is 0.125. The Morgan fingerprint density at radius 2 is 2.12 bits per heavy atom. The molecule has 0 aliphatic carbocycles. The molecule has 6 nitrogen and oxygen atoms in total. The smallest absolute Gasteiger partial charge is 0.312 e. The first-order valence-electron chi connectivity index (χ1n) is 7.16. The van der Waals surface area contributed by atoms with Crippen molar-refractivity contribution < 1.29 is 14.3 Å². The number of pyridine rings is 1. The monoisotopic (exact) mass is 393 g/mol. The predicted molar refractivity (Wildman–Crippen MR) is 98.0 cm³/mol. The Morgan fingerprint density at radius 1 is 1.24 bits per heavy atom. The summed E-state index contributed by atoms with van der Waals surface area (Å²) in [5.41, 5.74) is 0.986. The molecule has 25 heavy (non-hydrogen) atoms. The average Bonchev–Trinajstić information content (AvgIpc) is 3.26. The van der Waals surface area contributed by atoms with Gasteiger partial charge in [-0.3, -0.25) is 9.59 Å². The molecule has 0 saturated heterocycles. The first kappa shape index (κ1) is 17.5. The highest BCUT2D eigenvalue weighted by molar-refractivity contribution is 7.20. The van der Waals surface area contributed by atoms with Crippen molar-refractivity contribution >= 4 is 51.8 Å². The summed E-state index contributed by atoms with van der Waals surface area (Å²) in [6, 6.07) is 7.17. The van der Waals surface area contributed by atoms with E-state index < -0.39 is 18.5 Å². The number of esters is 1. The lowest BCUT2D eigenvalue weighted by atomic mass is 10.3. The highest BCUT2D eigenvalue weighted by Gasteiger charge is 2.13. The molecule has 3 rings (SSSR count). The van der Waals surface area contributed by atoms with Crippen molar-refractivity contribution in [3.63, 3.8) is 0 Å². The van der Waals surface area contributed by atoms with Gasteiger partial charge >= 0.3 is 5.97 Å². The molecule has 0 atom stereocenters. The first-order valence-corrected chi connectivity index (χ1v) is 9.30. The second kappa shape index (κ2) is 8.19. The summed E-state index contributed by atoms with van der Waals surface area (Å²) in [6.07, 6.45) is 1.53. The van der Waals surface area contributed by atoms with Gasteiger partial charge in [0.05, 0.1) is 22.7 Å². The summed E-state index contributed by atoms with van der Waals surface area (Å²) in [7, 11) is 0. The van der Waals surface area contributed by atoms with Gasteiger partial charge in [-0.1, -0.05) is 17.7 Å². The molecule has 3 heterocycles. The first-order chi connectivity index (χ1) is 12.1. The Labute approximate surface area is 156 Å². The predicted octanol–water partition coefficient (Wildman–Crippen LogP) is 3.64. The van der Waals surface area contributed by atoms with E-state index in [0.29, 0.717) is 11.4 Å². The zero-order valence-electron chi connectivity index (χ0n) is 12.8. The number of ether oxygens (including phenoxy) is 1. The summed E-state index contributed by atoms with van der Waals surface area (Å²) in [6.45, 7) is -0.397. The van der Waals surface area contributed by atoms with E-state index >= 15 is 0 Å². The van der Waals surface area contributed by atoms with E-state index in [0.717, 1.165) is 9.88 Å². The van der Waals surface area contributed by atoms with E-state index in [2.05, 4.69) is 15.3 Å². The van der Waals surface area contributed by atoms with Gasteiger partial charge in [0, 0.05) is 11.6 Å². The zero-order chi connectivity index (χ0) is 17.6. The van der Waals surface area contributed by atoms with Crippen LogP contribution in [0.15, 0.2) is 41.2 Å². The van der Waals surface area contributed by atoms with Gasteiger partial charge < -0.3 is 10.1 Å². The number of halogens is 1. The number of rotatable bonds is 6. The third-order valence-corrected chi connectivity index (χ3v) is 5.24. The van der Waals surface area contributed by atoms with Gasteiger partial charge in [0.25, 0.3) is 5.91 Å². The van der Waals surface area contributed by atoms with Gasteiger partial charge in [-0.15, -0.1) is 22.7 Å². The van der Waals surface area contributed by atoms with Crippen LogP contribution in [-0.4, -0.2) is 28.5 Å². The maximum absolute atomic E-state index is 11.9. The number of hydrogen-bond acceptors (Lipinski definition) is 7. The topological polar surface area (TPSA) is 81.2 Å². The van der Waals surface area contributed by atoms with E-state index in [-0.39, 0.29) is 11.6 Å². The number of nitrogens with zero attached hydrogens (tertiary/aromatic N) is 2. The average molecular weight is 394 g/mol. The van der Waals surface area contributed by atoms with Crippen molar-refractivity contribution in [3.8, 4) is 9.88 Å². The Balaban J connectivity index is 1.48. The van der Waals surface area contributed by atoms with Gasteiger partial charge in [-0.05, 0) is 23.6 Å². The summed E-state index contributed by atoms with van der Waals surface area (Å²) in [5, 5.41) is 7.35. The molecule has 0 aromatic carbocycles. The third kappa shape index (κ3) is 4.85. The molecule has 0 unspecified atom stereocenters. The van der Waals surface area contributed by atoms with E-state index in [9.17, 15) is 9.59 Å². The van der Waals surface area contributed by atoms with Crippen LogP contribution in [0.2, 0.25) is 5.15 Å². The fourth-order valence-corrected chi connectivity index (χ4v) is 3.71. The normalized spacial score (nSPS) is 10.4. The SMILES string of the molecule is O=C(COC(=O)Cc1csc(-c2cccs2)n1)Nc1cccnc1Cl. The molecule has 1 amide bonds. The molecular weight excluding hydrogens is 382 g/mol. The number of carbonyl (C=O) groups excluding carboxylic acids is 2. The lowest BCUT2D eigenvalue weighted by Crippen LogP contribution is -2.22. The van der Waals surface area contributed by atoms with Gasteiger partial charge in [0.1, 0.15) is 5.01 Å². The molecule has 0 radical (unpaired) electrons. The Morgan fingerprint density at radius 3 is 2.88 bits per heavy atom. The minimum absolute atomic E-state index is 0.0167. The van der Waals surface area contributed by atoms with E-state index in [4.69, 9.17) is 16.3 Å². The number of thiazole rings is 1. The largest absolute Gasteiger partial charge is 0.455 e. The van der Waals surface area contributed by atoms with Crippen LogP contribution in [0.1, 0.15) is 5.69 Å². The lowest BCUT2D eigenvalue weighted by Gasteiger charge is -2.06. The van der Waals surface area contributed by atoms with Crippen LogP contribution in [0.5, 0.6) is 0 Å². The van der Waals surface area contributed by atoms with Gasteiger partial charge in [0.2, 0.25) is 0 Å². The molecule has 0 aliphatic heterocycles. The fourth-order valence-electron chi connectivity index (χ4n) is 1.91. The number of aromatic nitrogens is 2. The second-order valence-corrected chi connectivity index (χ2v) is 7.01. The molecule has 9 heteroatoms. The molecule has 128 valence electrons. The molecule has 0 spiro atoms. The van der Waals surface area contributed by atoms with E-state index in [1.54, 1.807) is 23.5 Å². The minimum atomic E-state index is -0.518. The molecule has 0 fully saturated rings.